The summed E-state index contributed by atoms with van der Waals surface area (Å²) < 4.78 is 0. The average Bonchev–Trinajstić information content (AvgIpc) is 2.47. The number of anilines is 1. The molecule has 110 valence electrons. The lowest BCUT2D eigenvalue weighted by molar-refractivity contribution is -0.130. The number of carbonyl (C=O) groups is 1. The van der Waals surface area contributed by atoms with Gasteiger partial charge in [0.15, 0.2) is 0 Å². The number of amides is 1. The van der Waals surface area contributed by atoms with Gasteiger partial charge in [-0.25, -0.2) is 0 Å². The van der Waals surface area contributed by atoms with Crippen molar-refractivity contribution in [3.05, 3.63) is 29.8 Å². The topological polar surface area (TPSA) is 61.6 Å². The fourth-order valence-electron chi connectivity index (χ4n) is 2.68. The molecule has 1 amide bonds. The highest BCUT2D eigenvalue weighted by Gasteiger charge is 2.39. The molecule has 20 heavy (non-hydrogen) atoms. The summed E-state index contributed by atoms with van der Waals surface area (Å²) in [5.41, 5.74) is 7.05. The highest BCUT2D eigenvalue weighted by molar-refractivity contribution is 5.86. The van der Waals surface area contributed by atoms with Crippen molar-refractivity contribution in [3.63, 3.8) is 0 Å². The van der Waals surface area contributed by atoms with Crippen LogP contribution in [0.4, 0.5) is 5.69 Å². The van der Waals surface area contributed by atoms with Crippen molar-refractivity contribution in [1.82, 2.24) is 10.2 Å². The quantitative estimate of drug-likeness (QED) is 0.833. The standard InChI is InChI=1S/C15H24N4O/c1-15(14(16)20,19-10-8-17-9-11-19)12-4-6-13(7-5-12)18(2)3/h4-7,17H,8-11H2,1-3H3,(H2,16,20). The van der Waals surface area contributed by atoms with Gasteiger partial charge in [-0.05, 0) is 24.6 Å². The summed E-state index contributed by atoms with van der Waals surface area (Å²) in [6, 6.07) is 8.06. The second-order valence-electron chi connectivity index (χ2n) is 5.61. The van der Waals surface area contributed by atoms with E-state index in [2.05, 4.69) is 10.2 Å². The average molecular weight is 276 g/mol. The molecule has 5 nitrogen and oxygen atoms in total. The van der Waals surface area contributed by atoms with Gasteiger partial charge in [0.25, 0.3) is 0 Å². The van der Waals surface area contributed by atoms with E-state index in [1.165, 1.54) is 0 Å². The molecule has 1 aromatic carbocycles. The van der Waals surface area contributed by atoms with Gasteiger partial charge in [-0.2, -0.15) is 0 Å². The van der Waals surface area contributed by atoms with Crippen LogP contribution in [0.5, 0.6) is 0 Å². The number of hydrogen-bond donors (Lipinski definition) is 2. The molecule has 0 aliphatic carbocycles. The SMILES string of the molecule is CN(C)c1ccc(C(C)(C(N)=O)N2CCNCC2)cc1. The molecular weight excluding hydrogens is 252 g/mol. The molecule has 2 rings (SSSR count). The summed E-state index contributed by atoms with van der Waals surface area (Å²) in [7, 11) is 4.00. The van der Waals surface area contributed by atoms with Crippen LogP contribution in [0.1, 0.15) is 12.5 Å². The fraction of sp³-hybridized carbons (Fsp3) is 0.533. The first kappa shape index (κ1) is 14.8. The molecule has 1 aliphatic heterocycles. The zero-order valence-corrected chi connectivity index (χ0v) is 12.5. The lowest BCUT2D eigenvalue weighted by atomic mass is 9.88. The van der Waals surface area contributed by atoms with E-state index in [1.54, 1.807) is 0 Å². The fourth-order valence-corrected chi connectivity index (χ4v) is 2.68. The van der Waals surface area contributed by atoms with Crippen molar-refractivity contribution in [2.24, 2.45) is 5.73 Å². The molecule has 1 aliphatic rings. The molecule has 1 heterocycles. The molecule has 1 saturated heterocycles. The van der Waals surface area contributed by atoms with E-state index in [4.69, 9.17) is 5.73 Å². The Balaban J connectivity index is 2.34. The maximum atomic E-state index is 12.1. The van der Waals surface area contributed by atoms with E-state index in [0.717, 1.165) is 37.4 Å². The van der Waals surface area contributed by atoms with Gasteiger partial charge in [0.05, 0.1) is 0 Å². The van der Waals surface area contributed by atoms with Crippen LogP contribution in [0.15, 0.2) is 24.3 Å². The number of nitrogens with one attached hydrogen (secondary N) is 1. The van der Waals surface area contributed by atoms with E-state index >= 15 is 0 Å². The molecule has 0 spiro atoms. The predicted octanol–water partition coefficient (Wildman–Crippen LogP) is 0.358. The van der Waals surface area contributed by atoms with E-state index in [0.29, 0.717) is 0 Å². The summed E-state index contributed by atoms with van der Waals surface area (Å²) in [6.07, 6.45) is 0. The number of nitrogens with zero attached hydrogens (tertiary/aromatic N) is 2. The normalized spacial score (nSPS) is 19.4. The van der Waals surface area contributed by atoms with Crippen LogP contribution in [0.3, 0.4) is 0 Å². The molecule has 3 N–H and O–H groups in total. The number of hydrogen-bond acceptors (Lipinski definition) is 4. The summed E-state index contributed by atoms with van der Waals surface area (Å²) >= 11 is 0. The molecule has 1 unspecified atom stereocenters. The predicted molar refractivity (Wildman–Crippen MR) is 81.8 cm³/mol. The maximum Gasteiger partial charge on any atom is 0.242 e. The van der Waals surface area contributed by atoms with E-state index in [-0.39, 0.29) is 5.91 Å². The number of benzene rings is 1. The molecule has 0 radical (unpaired) electrons. The Morgan fingerprint density at radius 2 is 1.80 bits per heavy atom. The van der Waals surface area contributed by atoms with Crippen LogP contribution in [-0.2, 0) is 10.3 Å². The minimum Gasteiger partial charge on any atom is -0.378 e. The Hall–Kier alpha value is -1.59. The molecule has 1 aromatic rings. The second kappa shape index (κ2) is 5.81. The van der Waals surface area contributed by atoms with Crippen molar-refractivity contribution in [2.45, 2.75) is 12.5 Å². The summed E-state index contributed by atoms with van der Waals surface area (Å²) in [5.74, 6) is -0.294. The van der Waals surface area contributed by atoms with Crippen molar-refractivity contribution in [3.8, 4) is 0 Å². The van der Waals surface area contributed by atoms with E-state index in [1.807, 2.05) is 50.2 Å². The summed E-state index contributed by atoms with van der Waals surface area (Å²) in [6.45, 7) is 5.35. The smallest absolute Gasteiger partial charge is 0.242 e. The molecule has 0 bridgehead atoms. The number of rotatable bonds is 4. The molecule has 1 fully saturated rings. The van der Waals surface area contributed by atoms with Gasteiger partial charge in [0, 0.05) is 46.0 Å². The van der Waals surface area contributed by atoms with Crippen LogP contribution in [-0.4, -0.2) is 51.1 Å². The molecule has 0 saturated carbocycles. The van der Waals surface area contributed by atoms with Gasteiger partial charge in [-0.1, -0.05) is 12.1 Å². The maximum absolute atomic E-state index is 12.1. The third kappa shape index (κ3) is 2.64. The Kier molecular flexibility index (Phi) is 4.30. The van der Waals surface area contributed by atoms with Crippen molar-refractivity contribution >= 4 is 11.6 Å². The lowest BCUT2D eigenvalue weighted by Crippen LogP contribution is -2.58. The monoisotopic (exact) mass is 276 g/mol. The third-order valence-corrected chi connectivity index (χ3v) is 4.18. The first-order chi connectivity index (χ1) is 9.46. The second-order valence-corrected chi connectivity index (χ2v) is 5.61. The third-order valence-electron chi connectivity index (χ3n) is 4.18. The number of nitrogens with two attached hydrogens (primary N) is 1. The van der Waals surface area contributed by atoms with Gasteiger partial charge in [-0.15, -0.1) is 0 Å². The van der Waals surface area contributed by atoms with E-state index in [9.17, 15) is 4.79 Å². The Morgan fingerprint density at radius 1 is 1.25 bits per heavy atom. The number of piperazine rings is 1. The highest BCUT2D eigenvalue weighted by atomic mass is 16.1. The molecule has 1 atom stereocenters. The minimum atomic E-state index is -0.743. The number of carbonyl (C=O) groups excluding carboxylic acids is 1. The summed E-state index contributed by atoms with van der Waals surface area (Å²) in [5, 5.41) is 3.30. The highest BCUT2D eigenvalue weighted by Crippen LogP contribution is 2.29. The van der Waals surface area contributed by atoms with Gasteiger partial charge in [0.1, 0.15) is 5.54 Å². The van der Waals surface area contributed by atoms with E-state index < -0.39 is 5.54 Å². The van der Waals surface area contributed by atoms with Crippen molar-refractivity contribution in [2.75, 3.05) is 45.2 Å². The van der Waals surface area contributed by atoms with Crippen LogP contribution < -0.4 is 16.0 Å². The van der Waals surface area contributed by atoms with Crippen LogP contribution >= 0.6 is 0 Å². The lowest BCUT2D eigenvalue weighted by Gasteiger charge is -2.41. The van der Waals surface area contributed by atoms with Gasteiger partial charge in [-0.3, -0.25) is 9.69 Å². The molecule has 0 aromatic heterocycles. The molecule has 5 heteroatoms. The van der Waals surface area contributed by atoms with Gasteiger partial charge < -0.3 is 16.0 Å². The van der Waals surface area contributed by atoms with Crippen LogP contribution in [0.2, 0.25) is 0 Å². The first-order valence-corrected chi connectivity index (χ1v) is 7.00. The van der Waals surface area contributed by atoms with Crippen LogP contribution in [0.25, 0.3) is 0 Å². The van der Waals surface area contributed by atoms with Crippen molar-refractivity contribution in [1.29, 1.82) is 0 Å². The number of primary amides is 1. The van der Waals surface area contributed by atoms with Gasteiger partial charge >= 0.3 is 0 Å². The Morgan fingerprint density at radius 3 is 2.25 bits per heavy atom. The van der Waals surface area contributed by atoms with Crippen molar-refractivity contribution < 1.29 is 4.79 Å². The van der Waals surface area contributed by atoms with Gasteiger partial charge in [0.2, 0.25) is 5.91 Å². The zero-order chi connectivity index (χ0) is 14.8. The molecular formula is C15H24N4O. The Labute approximate surface area is 120 Å². The first-order valence-electron chi connectivity index (χ1n) is 7.00. The Bertz CT molecular complexity index is 465. The zero-order valence-electron chi connectivity index (χ0n) is 12.5. The minimum absolute atomic E-state index is 0.294. The largest absolute Gasteiger partial charge is 0.378 e. The summed E-state index contributed by atoms with van der Waals surface area (Å²) in [4.78, 5) is 16.3. The van der Waals surface area contributed by atoms with Crippen LogP contribution in [0, 0.1) is 0 Å².